The Labute approximate surface area is 176 Å². The summed E-state index contributed by atoms with van der Waals surface area (Å²) < 4.78 is 6.64. The molecule has 1 amide bonds. The molecule has 0 saturated carbocycles. The largest absolute Gasteiger partial charge is 0.484 e. The number of ether oxygens (including phenoxy) is 1. The van der Waals surface area contributed by atoms with Crippen molar-refractivity contribution in [1.82, 2.24) is 5.32 Å². The van der Waals surface area contributed by atoms with Gasteiger partial charge in [0.25, 0.3) is 5.91 Å². The predicted octanol–water partition coefficient (Wildman–Crippen LogP) is 5.25. The van der Waals surface area contributed by atoms with E-state index in [9.17, 15) is 4.79 Å². The number of amides is 1. The molecule has 1 aliphatic rings. The van der Waals surface area contributed by atoms with E-state index >= 15 is 0 Å². The van der Waals surface area contributed by atoms with Crippen molar-refractivity contribution in [3.05, 3.63) is 58.1 Å². The van der Waals surface area contributed by atoms with Crippen LogP contribution in [0.5, 0.6) is 5.75 Å². The molecule has 0 unspecified atom stereocenters. The molecular weight excluding hydrogens is 416 g/mol. The van der Waals surface area contributed by atoms with Gasteiger partial charge in [-0.25, -0.2) is 0 Å². The molecule has 4 nitrogen and oxygen atoms in total. The van der Waals surface area contributed by atoms with Crippen molar-refractivity contribution in [1.29, 1.82) is 0 Å². The first kappa shape index (κ1) is 20.7. The van der Waals surface area contributed by atoms with Crippen LogP contribution in [-0.2, 0) is 4.79 Å². The average molecular weight is 445 g/mol. The molecule has 2 aromatic carbocycles. The van der Waals surface area contributed by atoms with Crippen LogP contribution in [0.4, 0.5) is 5.69 Å². The van der Waals surface area contributed by atoms with Gasteiger partial charge in [-0.05, 0) is 74.1 Å². The van der Waals surface area contributed by atoms with Gasteiger partial charge in [-0.1, -0.05) is 35.0 Å². The van der Waals surface area contributed by atoms with Gasteiger partial charge in [0.2, 0.25) is 0 Å². The average Bonchev–Trinajstić information content (AvgIpc) is 2.69. The highest BCUT2D eigenvalue weighted by Crippen LogP contribution is 2.25. The highest BCUT2D eigenvalue weighted by Gasteiger charge is 2.17. The second-order valence-corrected chi connectivity index (χ2v) is 8.63. The Kier molecular flexibility index (Phi) is 7.00. The highest BCUT2D eigenvalue weighted by atomic mass is 79.9. The number of aryl methyl sites for hydroxylation is 1. The van der Waals surface area contributed by atoms with Gasteiger partial charge >= 0.3 is 0 Å². The van der Waals surface area contributed by atoms with Crippen molar-refractivity contribution in [2.45, 2.75) is 39.7 Å². The molecular formula is C23H29BrN2O2. The van der Waals surface area contributed by atoms with Crippen LogP contribution in [0.2, 0.25) is 0 Å². The van der Waals surface area contributed by atoms with E-state index in [0.29, 0.717) is 5.75 Å². The fraction of sp³-hybridized carbons (Fsp3) is 0.435. The van der Waals surface area contributed by atoms with Gasteiger partial charge < -0.3 is 15.0 Å². The Balaban J connectivity index is 1.51. The molecule has 2 atom stereocenters. The smallest absolute Gasteiger partial charge is 0.258 e. The number of rotatable bonds is 6. The second-order valence-electron chi connectivity index (χ2n) is 7.77. The fourth-order valence-electron chi connectivity index (χ4n) is 3.62. The summed E-state index contributed by atoms with van der Waals surface area (Å²) in [6, 6.07) is 14.2. The van der Waals surface area contributed by atoms with E-state index in [0.717, 1.165) is 34.6 Å². The molecule has 0 radical (unpaired) electrons. The molecule has 1 aliphatic heterocycles. The standard InChI is InChI=1S/C23H29BrN2O2/c1-16-5-4-12-26(14-16)20-8-6-19(7-9-20)18(3)25-23(27)15-28-21-10-11-22(24)17(2)13-21/h6-11,13,16,18H,4-5,12,14-15H2,1-3H3,(H,25,27)/t16-,18+/m1/s1. The number of halogens is 1. The zero-order valence-corrected chi connectivity index (χ0v) is 18.5. The normalized spacial score (nSPS) is 17.9. The summed E-state index contributed by atoms with van der Waals surface area (Å²) >= 11 is 3.46. The lowest BCUT2D eigenvalue weighted by molar-refractivity contribution is -0.123. The first-order valence-corrected chi connectivity index (χ1v) is 10.7. The molecule has 1 heterocycles. The molecule has 1 fully saturated rings. The molecule has 3 rings (SSSR count). The van der Waals surface area contributed by atoms with Crippen LogP contribution >= 0.6 is 15.9 Å². The number of carbonyl (C=O) groups excluding carboxylic acids is 1. The molecule has 1 N–H and O–H groups in total. The van der Waals surface area contributed by atoms with E-state index < -0.39 is 0 Å². The van der Waals surface area contributed by atoms with Gasteiger partial charge in [-0.15, -0.1) is 0 Å². The van der Waals surface area contributed by atoms with E-state index in [1.807, 2.05) is 32.0 Å². The van der Waals surface area contributed by atoms with E-state index in [1.54, 1.807) is 0 Å². The summed E-state index contributed by atoms with van der Waals surface area (Å²) in [7, 11) is 0. The molecule has 150 valence electrons. The van der Waals surface area contributed by atoms with Gasteiger partial charge in [0.05, 0.1) is 6.04 Å². The summed E-state index contributed by atoms with van der Waals surface area (Å²) in [4.78, 5) is 14.7. The van der Waals surface area contributed by atoms with Gasteiger partial charge in [-0.3, -0.25) is 4.79 Å². The van der Waals surface area contributed by atoms with Crippen molar-refractivity contribution in [2.24, 2.45) is 5.92 Å². The SMILES string of the molecule is Cc1cc(OCC(=O)N[C@@H](C)c2ccc(N3CCC[C@@H](C)C3)cc2)ccc1Br. The minimum Gasteiger partial charge on any atom is -0.484 e. The minimum absolute atomic E-state index is 0.00909. The summed E-state index contributed by atoms with van der Waals surface area (Å²) in [6.45, 7) is 8.57. The third-order valence-electron chi connectivity index (χ3n) is 5.29. The number of hydrogen-bond acceptors (Lipinski definition) is 3. The second kappa shape index (κ2) is 9.46. The molecule has 1 saturated heterocycles. The van der Waals surface area contributed by atoms with Gasteiger partial charge in [0.15, 0.2) is 6.61 Å². The van der Waals surface area contributed by atoms with Crippen LogP contribution in [0, 0.1) is 12.8 Å². The maximum Gasteiger partial charge on any atom is 0.258 e. The molecule has 0 aliphatic carbocycles. The Morgan fingerprint density at radius 3 is 2.71 bits per heavy atom. The van der Waals surface area contributed by atoms with E-state index in [2.05, 4.69) is 57.3 Å². The first-order chi connectivity index (χ1) is 13.4. The molecule has 28 heavy (non-hydrogen) atoms. The van der Waals surface area contributed by atoms with Gasteiger partial charge in [-0.2, -0.15) is 0 Å². The summed E-state index contributed by atoms with van der Waals surface area (Å²) in [5, 5.41) is 3.01. The minimum atomic E-state index is -0.123. The monoisotopic (exact) mass is 444 g/mol. The Hall–Kier alpha value is -2.01. The maximum atomic E-state index is 12.2. The van der Waals surface area contributed by atoms with Gasteiger partial charge in [0, 0.05) is 23.2 Å². The highest BCUT2D eigenvalue weighted by molar-refractivity contribution is 9.10. The Bertz CT molecular complexity index is 807. The van der Waals surface area contributed by atoms with Crippen molar-refractivity contribution in [2.75, 3.05) is 24.6 Å². The van der Waals surface area contributed by atoms with Crippen molar-refractivity contribution >= 4 is 27.5 Å². The quantitative estimate of drug-likeness (QED) is 0.661. The topological polar surface area (TPSA) is 41.6 Å². The lowest BCUT2D eigenvalue weighted by Crippen LogP contribution is -2.34. The Morgan fingerprint density at radius 1 is 1.29 bits per heavy atom. The third kappa shape index (κ3) is 5.51. The molecule has 0 spiro atoms. The summed E-state index contributed by atoms with van der Waals surface area (Å²) in [5.41, 5.74) is 3.44. The summed E-state index contributed by atoms with van der Waals surface area (Å²) in [6.07, 6.45) is 2.58. The first-order valence-electron chi connectivity index (χ1n) is 9.95. The number of nitrogens with one attached hydrogen (secondary N) is 1. The fourth-order valence-corrected chi connectivity index (χ4v) is 3.87. The maximum absolute atomic E-state index is 12.2. The lowest BCUT2D eigenvalue weighted by atomic mass is 9.99. The number of nitrogens with zero attached hydrogens (tertiary/aromatic N) is 1. The van der Waals surface area contributed by atoms with Crippen molar-refractivity contribution in [3.8, 4) is 5.75 Å². The summed E-state index contributed by atoms with van der Waals surface area (Å²) in [5.74, 6) is 1.33. The molecule has 2 aromatic rings. The number of benzene rings is 2. The van der Waals surface area contributed by atoms with Crippen LogP contribution in [0.15, 0.2) is 46.9 Å². The molecule has 0 aromatic heterocycles. The van der Waals surface area contributed by atoms with E-state index in [4.69, 9.17) is 4.74 Å². The number of carbonyl (C=O) groups is 1. The predicted molar refractivity (Wildman–Crippen MR) is 118 cm³/mol. The van der Waals surface area contributed by atoms with Crippen LogP contribution in [0.1, 0.15) is 43.9 Å². The van der Waals surface area contributed by atoms with Crippen molar-refractivity contribution < 1.29 is 9.53 Å². The number of hydrogen-bond donors (Lipinski definition) is 1. The van der Waals surface area contributed by atoms with E-state index in [-0.39, 0.29) is 18.6 Å². The Morgan fingerprint density at radius 2 is 2.04 bits per heavy atom. The van der Waals surface area contributed by atoms with Crippen LogP contribution < -0.4 is 15.0 Å². The number of anilines is 1. The zero-order valence-electron chi connectivity index (χ0n) is 16.9. The lowest BCUT2D eigenvalue weighted by Gasteiger charge is -2.33. The molecule has 0 bridgehead atoms. The van der Waals surface area contributed by atoms with E-state index in [1.165, 1.54) is 18.5 Å². The van der Waals surface area contributed by atoms with Crippen molar-refractivity contribution in [3.63, 3.8) is 0 Å². The zero-order chi connectivity index (χ0) is 20.1. The van der Waals surface area contributed by atoms with Crippen LogP contribution in [0.25, 0.3) is 0 Å². The van der Waals surface area contributed by atoms with Crippen LogP contribution in [-0.4, -0.2) is 25.6 Å². The van der Waals surface area contributed by atoms with Crippen LogP contribution in [0.3, 0.4) is 0 Å². The molecule has 5 heteroatoms. The van der Waals surface area contributed by atoms with Gasteiger partial charge in [0.1, 0.15) is 5.75 Å². The third-order valence-corrected chi connectivity index (χ3v) is 6.18. The number of piperidine rings is 1.